The van der Waals surface area contributed by atoms with Gasteiger partial charge in [-0.25, -0.2) is 9.78 Å². The van der Waals surface area contributed by atoms with E-state index < -0.39 is 5.60 Å². The number of hydrogen-bond donors (Lipinski definition) is 2. The highest BCUT2D eigenvalue weighted by Gasteiger charge is 2.43. The van der Waals surface area contributed by atoms with E-state index in [0.717, 1.165) is 37.2 Å². The summed E-state index contributed by atoms with van der Waals surface area (Å²) < 4.78 is 0. The van der Waals surface area contributed by atoms with Crippen LogP contribution in [0.2, 0.25) is 0 Å². The van der Waals surface area contributed by atoms with Gasteiger partial charge in [0, 0.05) is 33.1 Å². The zero-order chi connectivity index (χ0) is 17.2. The van der Waals surface area contributed by atoms with E-state index in [1.54, 1.807) is 0 Å². The second-order valence-corrected chi connectivity index (χ2v) is 7.28. The average Bonchev–Trinajstić information content (AvgIpc) is 2.59. The number of carbonyl (C=O) groups excluding carboxylic acids is 1. The summed E-state index contributed by atoms with van der Waals surface area (Å²) >= 11 is 0. The second kappa shape index (κ2) is 6.97. The van der Waals surface area contributed by atoms with E-state index in [1.165, 1.54) is 0 Å². The predicted molar refractivity (Wildman–Crippen MR) is 93.9 cm³/mol. The van der Waals surface area contributed by atoms with Crippen molar-refractivity contribution in [1.82, 2.24) is 15.2 Å². The Morgan fingerprint density at radius 1 is 1.42 bits per heavy atom. The number of likely N-dealkylation sites (tertiary alicyclic amines) is 1. The SMILES string of the molecule is CN(C)c1cccc(CNC(=O)N2CCC3(O)CCCCC3C2)n1. The third kappa shape index (κ3) is 3.64. The quantitative estimate of drug-likeness (QED) is 0.888. The maximum atomic E-state index is 12.5. The fraction of sp³-hybridized carbons (Fsp3) is 0.667. The number of carbonyl (C=O) groups is 1. The third-order valence-corrected chi connectivity index (χ3v) is 5.39. The van der Waals surface area contributed by atoms with Gasteiger partial charge in [-0.15, -0.1) is 0 Å². The van der Waals surface area contributed by atoms with Gasteiger partial charge in [-0.1, -0.05) is 18.9 Å². The monoisotopic (exact) mass is 332 g/mol. The van der Waals surface area contributed by atoms with Crippen LogP contribution < -0.4 is 10.2 Å². The van der Waals surface area contributed by atoms with Crippen LogP contribution in [0.15, 0.2) is 18.2 Å². The van der Waals surface area contributed by atoms with Gasteiger partial charge >= 0.3 is 6.03 Å². The molecule has 6 nitrogen and oxygen atoms in total. The molecule has 2 unspecified atom stereocenters. The number of amides is 2. The lowest BCUT2D eigenvalue weighted by molar-refractivity contribution is -0.0870. The molecular formula is C18H28N4O2. The fourth-order valence-electron chi connectivity index (χ4n) is 3.85. The Hall–Kier alpha value is -1.82. The molecule has 132 valence electrons. The predicted octanol–water partition coefficient (Wildman–Crippen LogP) is 1.98. The minimum absolute atomic E-state index is 0.0559. The van der Waals surface area contributed by atoms with Gasteiger partial charge in [-0.3, -0.25) is 0 Å². The van der Waals surface area contributed by atoms with E-state index in [9.17, 15) is 9.90 Å². The molecule has 1 aromatic heterocycles. The highest BCUT2D eigenvalue weighted by molar-refractivity contribution is 5.74. The lowest BCUT2D eigenvalue weighted by Crippen LogP contribution is -2.56. The van der Waals surface area contributed by atoms with E-state index in [1.807, 2.05) is 42.1 Å². The highest BCUT2D eigenvalue weighted by atomic mass is 16.3. The van der Waals surface area contributed by atoms with Crippen molar-refractivity contribution in [2.45, 2.75) is 44.2 Å². The number of fused-ring (bicyclic) bond motifs is 1. The minimum atomic E-state index is -0.545. The number of nitrogens with zero attached hydrogens (tertiary/aromatic N) is 3. The molecule has 6 heteroatoms. The molecule has 1 aromatic rings. The summed E-state index contributed by atoms with van der Waals surface area (Å²) in [6, 6.07) is 5.76. The number of aromatic nitrogens is 1. The maximum Gasteiger partial charge on any atom is 0.317 e. The summed E-state index contributed by atoms with van der Waals surface area (Å²) in [5, 5.41) is 13.7. The van der Waals surface area contributed by atoms with Crippen LogP contribution in [0.4, 0.5) is 10.6 Å². The van der Waals surface area contributed by atoms with E-state index in [2.05, 4.69) is 10.3 Å². The van der Waals surface area contributed by atoms with Gasteiger partial charge in [-0.05, 0) is 31.4 Å². The Morgan fingerprint density at radius 3 is 3.04 bits per heavy atom. The van der Waals surface area contributed by atoms with E-state index in [4.69, 9.17) is 0 Å². The largest absolute Gasteiger partial charge is 0.389 e. The van der Waals surface area contributed by atoms with Crippen LogP contribution in [0.3, 0.4) is 0 Å². The summed E-state index contributed by atoms with van der Waals surface area (Å²) in [6.45, 7) is 1.71. The number of aliphatic hydroxyl groups is 1. The Bertz CT molecular complexity index is 592. The van der Waals surface area contributed by atoms with Gasteiger partial charge in [0.2, 0.25) is 0 Å². The molecule has 2 aliphatic rings. The Balaban J connectivity index is 1.55. The van der Waals surface area contributed by atoms with Crippen LogP contribution in [0.25, 0.3) is 0 Å². The van der Waals surface area contributed by atoms with Crippen LogP contribution in [-0.2, 0) is 6.54 Å². The first kappa shape index (κ1) is 17.0. The van der Waals surface area contributed by atoms with Gasteiger partial charge in [0.1, 0.15) is 5.82 Å². The lowest BCUT2D eigenvalue weighted by atomic mass is 9.71. The van der Waals surface area contributed by atoms with E-state index >= 15 is 0 Å². The molecule has 2 fully saturated rings. The molecular weight excluding hydrogens is 304 g/mol. The Kier molecular flexibility index (Phi) is 4.94. The molecule has 1 aliphatic heterocycles. The van der Waals surface area contributed by atoms with Gasteiger partial charge < -0.3 is 20.2 Å². The minimum Gasteiger partial charge on any atom is -0.389 e. The lowest BCUT2D eigenvalue weighted by Gasteiger charge is -2.47. The van der Waals surface area contributed by atoms with Crippen molar-refractivity contribution < 1.29 is 9.90 Å². The average molecular weight is 332 g/mol. The zero-order valence-corrected chi connectivity index (χ0v) is 14.7. The zero-order valence-electron chi connectivity index (χ0n) is 14.7. The van der Waals surface area contributed by atoms with Crippen molar-refractivity contribution >= 4 is 11.8 Å². The molecule has 2 atom stereocenters. The number of urea groups is 1. The third-order valence-electron chi connectivity index (χ3n) is 5.39. The first-order valence-corrected chi connectivity index (χ1v) is 8.86. The maximum absolute atomic E-state index is 12.5. The molecule has 2 heterocycles. The molecule has 2 amide bonds. The molecule has 1 saturated carbocycles. The standard InChI is InChI=1S/C18H28N4O2/c1-21(2)16-8-5-7-15(20-16)12-19-17(23)22-11-10-18(24)9-4-3-6-14(18)13-22/h5,7-8,14,24H,3-4,6,9-13H2,1-2H3,(H,19,23). The smallest absolute Gasteiger partial charge is 0.317 e. The van der Waals surface area contributed by atoms with Crippen molar-refractivity contribution in [3.8, 4) is 0 Å². The molecule has 1 aliphatic carbocycles. The van der Waals surface area contributed by atoms with Crippen molar-refractivity contribution in [3.05, 3.63) is 23.9 Å². The molecule has 0 spiro atoms. The summed E-state index contributed by atoms with van der Waals surface area (Å²) in [7, 11) is 3.90. The Labute approximate surface area is 143 Å². The van der Waals surface area contributed by atoms with Crippen molar-refractivity contribution in [2.75, 3.05) is 32.1 Å². The van der Waals surface area contributed by atoms with E-state index in [-0.39, 0.29) is 11.9 Å². The molecule has 3 rings (SSSR count). The molecule has 1 saturated heterocycles. The van der Waals surface area contributed by atoms with E-state index in [0.29, 0.717) is 26.1 Å². The van der Waals surface area contributed by atoms with Crippen LogP contribution in [0.5, 0.6) is 0 Å². The summed E-state index contributed by atoms with van der Waals surface area (Å²) in [5.41, 5.74) is 0.303. The van der Waals surface area contributed by atoms with Crippen LogP contribution in [0.1, 0.15) is 37.8 Å². The second-order valence-electron chi connectivity index (χ2n) is 7.28. The van der Waals surface area contributed by atoms with Crippen molar-refractivity contribution in [2.24, 2.45) is 5.92 Å². The number of piperidine rings is 1. The first-order valence-electron chi connectivity index (χ1n) is 8.86. The summed E-state index contributed by atoms with van der Waals surface area (Å²) in [5.74, 6) is 1.10. The van der Waals surface area contributed by atoms with Gasteiger partial charge in [0.25, 0.3) is 0 Å². The number of rotatable bonds is 3. The molecule has 2 N–H and O–H groups in total. The summed E-state index contributed by atoms with van der Waals surface area (Å²) in [4.78, 5) is 20.8. The normalized spacial score (nSPS) is 26.6. The number of anilines is 1. The van der Waals surface area contributed by atoms with Gasteiger partial charge in [0.05, 0.1) is 17.8 Å². The fourth-order valence-corrected chi connectivity index (χ4v) is 3.85. The number of pyridine rings is 1. The Morgan fingerprint density at radius 2 is 2.25 bits per heavy atom. The summed E-state index contributed by atoms with van der Waals surface area (Å²) in [6.07, 6.45) is 4.86. The first-order chi connectivity index (χ1) is 11.5. The van der Waals surface area contributed by atoms with Crippen LogP contribution >= 0.6 is 0 Å². The molecule has 24 heavy (non-hydrogen) atoms. The topological polar surface area (TPSA) is 68.7 Å². The highest BCUT2D eigenvalue weighted by Crippen LogP contribution is 2.39. The molecule has 0 bridgehead atoms. The number of hydrogen-bond acceptors (Lipinski definition) is 4. The van der Waals surface area contributed by atoms with Crippen molar-refractivity contribution in [1.29, 1.82) is 0 Å². The van der Waals surface area contributed by atoms with Crippen LogP contribution in [-0.4, -0.2) is 53.8 Å². The van der Waals surface area contributed by atoms with Gasteiger partial charge in [0.15, 0.2) is 0 Å². The molecule has 0 radical (unpaired) electrons. The van der Waals surface area contributed by atoms with Gasteiger partial charge in [-0.2, -0.15) is 0 Å². The van der Waals surface area contributed by atoms with Crippen molar-refractivity contribution in [3.63, 3.8) is 0 Å². The molecule has 0 aromatic carbocycles. The van der Waals surface area contributed by atoms with Crippen LogP contribution in [0, 0.1) is 5.92 Å². The number of nitrogens with one attached hydrogen (secondary N) is 1.